The van der Waals surface area contributed by atoms with Gasteiger partial charge in [0.15, 0.2) is 0 Å². The van der Waals surface area contributed by atoms with Crippen LogP contribution in [0.4, 0.5) is 5.82 Å². The maximum absolute atomic E-state index is 14.0. The summed E-state index contributed by atoms with van der Waals surface area (Å²) in [6, 6.07) is 26.1. The molecule has 0 unspecified atom stereocenters. The van der Waals surface area contributed by atoms with Crippen molar-refractivity contribution in [3.63, 3.8) is 0 Å². The lowest BCUT2D eigenvalue weighted by Crippen LogP contribution is -2.46. The highest BCUT2D eigenvalue weighted by atomic mass is 32.2. The second-order valence-electron chi connectivity index (χ2n) is 11.2. The first-order valence-corrected chi connectivity index (χ1v) is 15.6. The van der Waals surface area contributed by atoms with Crippen LogP contribution < -0.4 is 9.64 Å². The molecular weight excluding hydrogens is 544 g/mol. The van der Waals surface area contributed by atoms with Gasteiger partial charge in [-0.3, -0.25) is 14.5 Å². The van der Waals surface area contributed by atoms with Crippen molar-refractivity contribution in [3.8, 4) is 22.7 Å². The van der Waals surface area contributed by atoms with Gasteiger partial charge in [0.1, 0.15) is 18.1 Å². The predicted octanol–water partition coefficient (Wildman–Crippen LogP) is 6.28. The SMILES string of the molecule is COc1ccccc1[C@H]1SCC(=O)N(CC(=O)N2CCC(C)CC2)c2c1c(-c1ccccc1)nn2-c1ccc(C)cc1. The van der Waals surface area contributed by atoms with Crippen LogP contribution in [0.3, 0.4) is 0 Å². The van der Waals surface area contributed by atoms with Crippen molar-refractivity contribution in [2.75, 3.05) is 37.4 Å². The molecule has 3 aromatic carbocycles. The fourth-order valence-electron chi connectivity index (χ4n) is 5.82. The van der Waals surface area contributed by atoms with E-state index in [4.69, 9.17) is 9.84 Å². The van der Waals surface area contributed by atoms with E-state index in [1.54, 1.807) is 23.8 Å². The van der Waals surface area contributed by atoms with E-state index in [0.29, 0.717) is 11.7 Å². The lowest BCUT2D eigenvalue weighted by Gasteiger charge is -2.32. The molecule has 0 saturated carbocycles. The van der Waals surface area contributed by atoms with Gasteiger partial charge in [-0.05, 0) is 43.9 Å². The molecule has 1 aromatic heterocycles. The van der Waals surface area contributed by atoms with Crippen molar-refractivity contribution in [2.45, 2.75) is 31.9 Å². The largest absolute Gasteiger partial charge is 0.496 e. The zero-order chi connectivity index (χ0) is 29.2. The first kappa shape index (κ1) is 28.1. The molecule has 2 aliphatic heterocycles. The van der Waals surface area contributed by atoms with Crippen molar-refractivity contribution in [3.05, 3.63) is 95.6 Å². The lowest BCUT2D eigenvalue weighted by molar-refractivity contribution is -0.132. The summed E-state index contributed by atoms with van der Waals surface area (Å²) in [6.45, 7) is 5.70. The molecule has 1 saturated heterocycles. The van der Waals surface area contributed by atoms with Crippen molar-refractivity contribution < 1.29 is 14.3 Å². The molecule has 4 aromatic rings. The lowest BCUT2D eigenvalue weighted by atomic mass is 9.98. The van der Waals surface area contributed by atoms with Crippen LogP contribution in [0, 0.1) is 12.8 Å². The van der Waals surface area contributed by atoms with Crippen LogP contribution in [-0.2, 0) is 9.59 Å². The molecule has 2 aliphatic rings. The summed E-state index contributed by atoms with van der Waals surface area (Å²) in [5, 5.41) is 4.95. The number of ether oxygens (including phenoxy) is 1. The second-order valence-corrected chi connectivity index (χ2v) is 12.3. The van der Waals surface area contributed by atoms with Crippen LogP contribution in [0.5, 0.6) is 5.75 Å². The second kappa shape index (κ2) is 12.1. The number of thioether (sulfide) groups is 1. The van der Waals surface area contributed by atoms with Crippen LogP contribution in [-0.4, -0.2) is 59.0 Å². The molecule has 8 heteroatoms. The molecule has 1 atom stereocenters. The standard InChI is InChI=1S/C34H36N4O3S/c1-23-13-15-26(16-14-23)38-34-31(32(35-38)25-9-5-4-6-10-25)33(27-11-7-8-12-28(27)41-3)42-22-30(40)37(34)21-29(39)36-19-17-24(2)18-20-36/h4-16,24,33H,17-22H2,1-3H3/t33-/m1/s1. The number of anilines is 1. The molecule has 2 amide bonds. The number of amides is 2. The van der Waals surface area contributed by atoms with Gasteiger partial charge in [0.2, 0.25) is 11.8 Å². The molecule has 3 heterocycles. The Balaban J connectivity index is 1.57. The molecule has 0 spiro atoms. The number of rotatable bonds is 6. The Morgan fingerprint density at radius 2 is 1.67 bits per heavy atom. The summed E-state index contributed by atoms with van der Waals surface area (Å²) >= 11 is 1.55. The molecule has 216 valence electrons. The highest BCUT2D eigenvalue weighted by Crippen LogP contribution is 2.50. The Hall–Kier alpha value is -4.04. The fraction of sp³-hybridized carbons (Fsp3) is 0.324. The molecule has 0 aliphatic carbocycles. The molecular formula is C34H36N4O3S. The minimum absolute atomic E-state index is 0.0226. The third-order valence-corrected chi connectivity index (χ3v) is 9.50. The number of aromatic nitrogens is 2. The summed E-state index contributed by atoms with van der Waals surface area (Å²) in [7, 11) is 1.67. The van der Waals surface area contributed by atoms with E-state index in [0.717, 1.165) is 65.3 Å². The van der Waals surface area contributed by atoms with E-state index in [9.17, 15) is 9.59 Å². The smallest absolute Gasteiger partial charge is 0.242 e. The van der Waals surface area contributed by atoms with Crippen LogP contribution in [0.1, 0.15) is 41.7 Å². The maximum atomic E-state index is 14.0. The van der Waals surface area contributed by atoms with E-state index < -0.39 is 0 Å². The third-order valence-electron chi connectivity index (χ3n) is 8.27. The monoisotopic (exact) mass is 580 g/mol. The quantitative estimate of drug-likeness (QED) is 0.268. The summed E-state index contributed by atoms with van der Waals surface area (Å²) in [5.41, 5.74) is 5.58. The van der Waals surface area contributed by atoms with E-state index in [-0.39, 0.29) is 29.4 Å². The average Bonchev–Trinajstić information content (AvgIpc) is 3.34. The zero-order valence-corrected chi connectivity index (χ0v) is 25.1. The number of carbonyl (C=O) groups is 2. The van der Waals surface area contributed by atoms with Crippen LogP contribution >= 0.6 is 11.8 Å². The van der Waals surface area contributed by atoms with E-state index in [1.807, 2.05) is 89.3 Å². The summed E-state index contributed by atoms with van der Waals surface area (Å²) in [6.07, 6.45) is 1.96. The van der Waals surface area contributed by atoms with Gasteiger partial charge in [-0.2, -0.15) is 5.10 Å². The highest BCUT2D eigenvalue weighted by Gasteiger charge is 2.39. The Labute approximate surface area is 251 Å². The van der Waals surface area contributed by atoms with Crippen LogP contribution in [0.2, 0.25) is 0 Å². The van der Waals surface area contributed by atoms with E-state index >= 15 is 0 Å². The zero-order valence-electron chi connectivity index (χ0n) is 24.3. The van der Waals surface area contributed by atoms with Crippen LogP contribution in [0.15, 0.2) is 78.9 Å². The van der Waals surface area contributed by atoms with Gasteiger partial charge in [-0.1, -0.05) is 73.2 Å². The Morgan fingerprint density at radius 1 is 0.976 bits per heavy atom. The summed E-state index contributed by atoms with van der Waals surface area (Å²) in [4.78, 5) is 31.3. The fourth-order valence-corrected chi connectivity index (χ4v) is 7.04. The van der Waals surface area contributed by atoms with Crippen molar-refractivity contribution >= 4 is 29.4 Å². The van der Waals surface area contributed by atoms with Gasteiger partial charge >= 0.3 is 0 Å². The number of para-hydroxylation sites is 1. The number of piperidine rings is 1. The molecule has 7 nitrogen and oxygen atoms in total. The highest BCUT2D eigenvalue weighted by molar-refractivity contribution is 8.00. The number of hydrogen-bond donors (Lipinski definition) is 0. The van der Waals surface area contributed by atoms with Crippen molar-refractivity contribution in [1.29, 1.82) is 0 Å². The number of nitrogens with zero attached hydrogens (tertiary/aromatic N) is 4. The van der Waals surface area contributed by atoms with Crippen molar-refractivity contribution in [2.24, 2.45) is 5.92 Å². The number of benzene rings is 3. The summed E-state index contributed by atoms with van der Waals surface area (Å²) < 4.78 is 7.67. The van der Waals surface area contributed by atoms with Gasteiger partial charge in [-0.15, -0.1) is 11.8 Å². The van der Waals surface area contributed by atoms with Gasteiger partial charge in [0.25, 0.3) is 0 Å². The Morgan fingerprint density at radius 3 is 2.38 bits per heavy atom. The maximum Gasteiger partial charge on any atom is 0.242 e. The van der Waals surface area contributed by atoms with Crippen molar-refractivity contribution in [1.82, 2.24) is 14.7 Å². The first-order chi connectivity index (χ1) is 20.4. The first-order valence-electron chi connectivity index (χ1n) is 14.5. The van der Waals surface area contributed by atoms with Crippen LogP contribution in [0.25, 0.3) is 16.9 Å². The molecule has 0 bridgehead atoms. The van der Waals surface area contributed by atoms with Gasteiger partial charge in [0.05, 0.1) is 29.5 Å². The molecule has 0 radical (unpaired) electrons. The minimum atomic E-state index is -0.245. The number of hydrogen-bond acceptors (Lipinski definition) is 5. The average molecular weight is 581 g/mol. The Bertz CT molecular complexity index is 1580. The predicted molar refractivity (Wildman–Crippen MR) is 168 cm³/mol. The number of fused-ring (bicyclic) bond motifs is 1. The minimum Gasteiger partial charge on any atom is -0.496 e. The van der Waals surface area contributed by atoms with E-state index in [1.165, 1.54) is 0 Å². The summed E-state index contributed by atoms with van der Waals surface area (Å²) in [5.74, 6) is 2.09. The Kier molecular flexibility index (Phi) is 8.07. The number of aryl methyl sites for hydroxylation is 1. The number of carbonyl (C=O) groups excluding carboxylic acids is 2. The molecule has 42 heavy (non-hydrogen) atoms. The topological polar surface area (TPSA) is 67.7 Å². The molecule has 0 N–H and O–H groups in total. The van der Waals surface area contributed by atoms with Gasteiger partial charge < -0.3 is 9.64 Å². The van der Waals surface area contributed by atoms with Gasteiger partial charge in [-0.25, -0.2) is 4.68 Å². The molecule has 1 fully saturated rings. The number of likely N-dealkylation sites (tertiary alicyclic amines) is 1. The van der Waals surface area contributed by atoms with E-state index in [2.05, 4.69) is 13.0 Å². The molecule has 6 rings (SSSR count). The number of methoxy groups -OCH3 is 1. The third kappa shape index (κ3) is 5.43. The normalized spacial score (nSPS) is 17.6. The van der Waals surface area contributed by atoms with Gasteiger partial charge in [0, 0.05) is 29.8 Å².